The van der Waals surface area contributed by atoms with Crippen LogP contribution >= 0.6 is 35.0 Å². The van der Waals surface area contributed by atoms with Gasteiger partial charge in [0.25, 0.3) is 11.1 Å². The van der Waals surface area contributed by atoms with E-state index in [0.717, 1.165) is 16.7 Å². The highest BCUT2D eigenvalue weighted by molar-refractivity contribution is 7.98. The molecule has 0 aliphatic rings. The van der Waals surface area contributed by atoms with Crippen LogP contribution in [-0.4, -0.2) is 17.4 Å². The maximum atomic E-state index is 12.3. The fourth-order valence-corrected chi connectivity index (χ4v) is 3.98. The summed E-state index contributed by atoms with van der Waals surface area (Å²) in [6.45, 7) is 0.438. The average molecular weight is 447 g/mol. The van der Waals surface area contributed by atoms with Crippen LogP contribution in [0.5, 0.6) is 0 Å². The second-order valence-corrected chi connectivity index (χ2v) is 8.01. The Kier molecular flexibility index (Phi) is 6.13. The Morgan fingerprint density at radius 2 is 1.93 bits per heavy atom. The van der Waals surface area contributed by atoms with Crippen molar-refractivity contribution in [1.29, 1.82) is 0 Å². The number of thioether (sulfide) groups is 1. The first-order chi connectivity index (χ1) is 14.1. The van der Waals surface area contributed by atoms with Gasteiger partial charge in [-0.3, -0.25) is 4.79 Å². The van der Waals surface area contributed by atoms with Crippen LogP contribution in [0.4, 0.5) is 0 Å². The Bertz CT molecular complexity index is 1120. The zero-order valence-corrected chi connectivity index (χ0v) is 17.5. The van der Waals surface area contributed by atoms with Crippen molar-refractivity contribution in [2.75, 3.05) is 6.54 Å². The van der Waals surface area contributed by atoms with E-state index in [-0.39, 0.29) is 11.7 Å². The van der Waals surface area contributed by atoms with Crippen molar-refractivity contribution in [2.24, 2.45) is 0 Å². The minimum atomic E-state index is -0.270. The summed E-state index contributed by atoms with van der Waals surface area (Å²) in [7, 11) is 0. The number of hydrogen-bond acceptors (Lipinski definition) is 5. The van der Waals surface area contributed by atoms with Gasteiger partial charge in [0, 0.05) is 16.6 Å². The molecule has 0 fully saturated rings. The number of rotatable bonds is 7. The van der Waals surface area contributed by atoms with Crippen molar-refractivity contribution in [1.82, 2.24) is 10.3 Å². The molecule has 2 heterocycles. The number of hydrogen-bond donors (Lipinski definition) is 1. The van der Waals surface area contributed by atoms with Crippen molar-refractivity contribution in [3.05, 3.63) is 81.7 Å². The molecule has 1 N–H and O–H groups in total. The van der Waals surface area contributed by atoms with Crippen molar-refractivity contribution in [3.63, 3.8) is 0 Å². The van der Waals surface area contributed by atoms with Gasteiger partial charge in [-0.2, -0.15) is 0 Å². The van der Waals surface area contributed by atoms with Gasteiger partial charge in [0.2, 0.25) is 0 Å². The van der Waals surface area contributed by atoms with Crippen molar-refractivity contribution >= 4 is 52.0 Å². The number of aromatic nitrogens is 1. The fourth-order valence-electron chi connectivity index (χ4n) is 2.75. The van der Waals surface area contributed by atoms with Crippen molar-refractivity contribution in [3.8, 4) is 0 Å². The van der Waals surface area contributed by atoms with Crippen LogP contribution in [-0.2, 0) is 12.2 Å². The number of amides is 1. The highest BCUT2D eigenvalue weighted by Crippen LogP contribution is 2.27. The van der Waals surface area contributed by atoms with Gasteiger partial charge in [-0.05, 0) is 48.4 Å². The van der Waals surface area contributed by atoms with Crippen LogP contribution in [0.15, 0.2) is 68.7 Å². The number of carbonyl (C=O) groups is 1. The Morgan fingerprint density at radius 1 is 1.07 bits per heavy atom. The largest absolute Gasteiger partial charge is 0.455 e. The average Bonchev–Trinajstić information content (AvgIpc) is 3.34. The predicted octanol–water partition coefficient (Wildman–Crippen LogP) is 5.99. The molecule has 0 bridgehead atoms. The van der Waals surface area contributed by atoms with E-state index in [1.165, 1.54) is 11.8 Å². The van der Waals surface area contributed by atoms with Crippen LogP contribution in [0.3, 0.4) is 0 Å². The smallest absolute Gasteiger partial charge is 0.287 e. The second kappa shape index (κ2) is 8.95. The zero-order chi connectivity index (χ0) is 20.2. The van der Waals surface area contributed by atoms with Gasteiger partial charge in [-0.25, -0.2) is 4.98 Å². The predicted molar refractivity (Wildman–Crippen MR) is 115 cm³/mol. The van der Waals surface area contributed by atoms with E-state index < -0.39 is 0 Å². The Balaban J connectivity index is 1.29. The molecule has 0 atom stereocenters. The van der Waals surface area contributed by atoms with Gasteiger partial charge in [-0.1, -0.05) is 53.2 Å². The SMILES string of the molecule is O=C(NCCc1ccc(Cl)cc1Cl)c1ccc(CSc2nc3ccccc3o2)o1. The summed E-state index contributed by atoms with van der Waals surface area (Å²) in [6, 6.07) is 16.3. The number of oxazole rings is 1. The monoisotopic (exact) mass is 446 g/mol. The van der Waals surface area contributed by atoms with E-state index in [9.17, 15) is 4.79 Å². The maximum Gasteiger partial charge on any atom is 0.287 e. The molecule has 0 aliphatic carbocycles. The highest BCUT2D eigenvalue weighted by Gasteiger charge is 2.13. The third-order valence-corrected chi connectivity index (χ3v) is 5.63. The zero-order valence-electron chi connectivity index (χ0n) is 15.2. The number of nitrogens with zero attached hydrogens (tertiary/aromatic N) is 1. The molecule has 4 rings (SSSR count). The first-order valence-corrected chi connectivity index (χ1v) is 10.6. The first kappa shape index (κ1) is 19.9. The van der Waals surface area contributed by atoms with Crippen LogP contribution in [0, 0.1) is 0 Å². The lowest BCUT2D eigenvalue weighted by atomic mass is 10.1. The third kappa shape index (κ3) is 4.96. The maximum absolute atomic E-state index is 12.3. The van der Waals surface area contributed by atoms with Gasteiger partial charge in [0.15, 0.2) is 11.3 Å². The van der Waals surface area contributed by atoms with E-state index in [0.29, 0.717) is 39.7 Å². The van der Waals surface area contributed by atoms with E-state index in [4.69, 9.17) is 32.0 Å². The number of benzene rings is 2. The van der Waals surface area contributed by atoms with Gasteiger partial charge in [0.1, 0.15) is 11.3 Å². The number of furan rings is 1. The van der Waals surface area contributed by atoms with Gasteiger partial charge in [0.05, 0.1) is 5.75 Å². The van der Waals surface area contributed by atoms with Crippen LogP contribution in [0.25, 0.3) is 11.1 Å². The molecule has 0 saturated carbocycles. The summed E-state index contributed by atoms with van der Waals surface area (Å²) in [5.74, 6) is 1.18. The number of para-hydroxylation sites is 2. The molecule has 29 heavy (non-hydrogen) atoms. The lowest BCUT2D eigenvalue weighted by Crippen LogP contribution is -2.25. The summed E-state index contributed by atoms with van der Waals surface area (Å²) in [4.78, 5) is 16.7. The Hall–Kier alpha value is -2.41. The lowest BCUT2D eigenvalue weighted by Gasteiger charge is -2.06. The standard InChI is InChI=1S/C21H16Cl2N2O3S/c22-14-6-5-13(16(23)11-14)9-10-24-20(26)19-8-7-15(27-19)12-29-21-25-17-3-1-2-4-18(17)28-21/h1-8,11H,9-10,12H2,(H,24,26). The first-order valence-electron chi connectivity index (χ1n) is 8.88. The molecule has 2 aromatic heterocycles. The molecule has 1 amide bonds. The normalized spacial score (nSPS) is 11.1. The third-order valence-electron chi connectivity index (χ3n) is 4.19. The molecule has 5 nitrogen and oxygen atoms in total. The number of nitrogens with one attached hydrogen (secondary N) is 1. The van der Waals surface area contributed by atoms with E-state index >= 15 is 0 Å². The number of carbonyl (C=O) groups excluding carboxylic acids is 1. The van der Waals surface area contributed by atoms with Crippen molar-refractivity contribution in [2.45, 2.75) is 17.4 Å². The van der Waals surface area contributed by atoms with Crippen LogP contribution < -0.4 is 5.32 Å². The Morgan fingerprint density at radius 3 is 2.76 bits per heavy atom. The van der Waals surface area contributed by atoms with Crippen molar-refractivity contribution < 1.29 is 13.6 Å². The van der Waals surface area contributed by atoms with E-state index in [2.05, 4.69) is 10.3 Å². The molecule has 2 aromatic carbocycles. The topological polar surface area (TPSA) is 68.3 Å². The fraction of sp³-hybridized carbons (Fsp3) is 0.143. The summed E-state index contributed by atoms with van der Waals surface area (Å²) in [6.07, 6.45) is 0.600. The molecule has 4 aromatic rings. The summed E-state index contributed by atoms with van der Waals surface area (Å²) < 4.78 is 11.3. The lowest BCUT2D eigenvalue weighted by molar-refractivity contribution is 0.0925. The molecular weight excluding hydrogens is 431 g/mol. The van der Waals surface area contributed by atoms with E-state index in [1.54, 1.807) is 24.3 Å². The minimum Gasteiger partial charge on any atom is -0.455 e. The second-order valence-electron chi connectivity index (χ2n) is 6.24. The summed E-state index contributed by atoms with van der Waals surface area (Å²) >= 11 is 13.5. The molecule has 8 heteroatoms. The molecule has 0 saturated heterocycles. The molecular formula is C21H16Cl2N2O3S. The summed E-state index contributed by atoms with van der Waals surface area (Å²) in [5.41, 5.74) is 2.48. The Labute approximate surface area is 181 Å². The van der Waals surface area contributed by atoms with Gasteiger partial charge < -0.3 is 14.2 Å². The highest BCUT2D eigenvalue weighted by atomic mass is 35.5. The number of fused-ring (bicyclic) bond motifs is 1. The van der Waals surface area contributed by atoms with Gasteiger partial charge >= 0.3 is 0 Å². The quantitative estimate of drug-likeness (QED) is 0.353. The minimum absolute atomic E-state index is 0.264. The number of halogens is 2. The van der Waals surface area contributed by atoms with Crippen LogP contribution in [0.2, 0.25) is 10.0 Å². The molecule has 0 unspecified atom stereocenters. The molecule has 148 valence electrons. The van der Waals surface area contributed by atoms with Gasteiger partial charge in [-0.15, -0.1) is 0 Å². The van der Waals surface area contributed by atoms with E-state index in [1.807, 2.05) is 30.3 Å². The molecule has 0 aliphatic heterocycles. The summed E-state index contributed by atoms with van der Waals surface area (Å²) in [5, 5.41) is 4.57. The molecule has 0 radical (unpaired) electrons. The molecule has 0 spiro atoms. The van der Waals surface area contributed by atoms with Crippen LogP contribution in [0.1, 0.15) is 21.9 Å².